The monoisotopic (exact) mass is 322 g/mol. The van der Waals surface area contributed by atoms with Gasteiger partial charge in [-0.3, -0.25) is 19.7 Å². The molecule has 4 rings (SSSR count). The lowest BCUT2D eigenvalue weighted by Crippen LogP contribution is -2.37. The first-order valence-electron chi connectivity index (χ1n) is 8.57. The molecule has 0 saturated carbocycles. The number of nitrogens with zero attached hydrogens (tertiary/aromatic N) is 4. The van der Waals surface area contributed by atoms with E-state index in [-0.39, 0.29) is 5.91 Å². The fourth-order valence-electron chi connectivity index (χ4n) is 3.97. The van der Waals surface area contributed by atoms with Crippen LogP contribution in [0.15, 0.2) is 42.6 Å². The van der Waals surface area contributed by atoms with Gasteiger partial charge in [-0.15, -0.1) is 0 Å². The topological polar surface area (TPSA) is 49.3 Å². The van der Waals surface area contributed by atoms with Crippen molar-refractivity contribution in [1.82, 2.24) is 19.8 Å². The Balaban J connectivity index is 1.47. The third kappa shape index (κ3) is 2.91. The summed E-state index contributed by atoms with van der Waals surface area (Å²) < 4.78 is 0. The zero-order valence-electron chi connectivity index (χ0n) is 13.9. The van der Waals surface area contributed by atoms with Crippen LogP contribution in [0.1, 0.15) is 29.9 Å². The van der Waals surface area contributed by atoms with Gasteiger partial charge in [-0.25, -0.2) is 0 Å². The summed E-state index contributed by atoms with van der Waals surface area (Å²) in [4.78, 5) is 26.0. The van der Waals surface area contributed by atoms with Crippen molar-refractivity contribution >= 4 is 5.91 Å². The zero-order chi connectivity index (χ0) is 16.5. The quantitative estimate of drug-likeness (QED) is 0.865. The molecule has 2 aliphatic heterocycles. The lowest BCUT2D eigenvalue weighted by Gasteiger charge is -2.25. The van der Waals surface area contributed by atoms with Crippen LogP contribution in [-0.4, -0.2) is 44.3 Å². The molecule has 2 aromatic rings. The number of rotatable bonds is 4. The third-order valence-corrected chi connectivity index (χ3v) is 5.10. The molecule has 2 atom stereocenters. The van der Waals surface area contributed by atoms with Gasteiger partial charge in [0.25, 0.3) is 0 Å². The third-order valence-electron chi connectivity index (χ3n) is 5.10. The number of fused-ring (bicyclic) bond motifs is 1. The molecule has 5 heteroatoms. The van der Waals surface area contributed by atoms with Gasteiger partial charge in [0.2, 0.25) is 5.91 Å². The van der Waals surface area contributed by atoms with Crippen molar-refractivity contribution in [3.05, 3.63) is 59.7 Å². The predicted octanol–water partition coefficient (Wildman–Crippen LogP) is 2.16. The number of carbonyl (C=O) groups is 1. The number of hydrogen-bond acceptors (Lipinski definition) is 4. The predicted molar refractivity (Wildman–Crippen MR) is 91.0 cm³/mol. The molecule has 2 saturated heterocycles. The van der Waals surface area contributed by atoms with Gasteiger partial charge in [-0.1, -0.05) is 12.1 Å². The van der Waals surface area contributed by atoms with Crippen molar-refractivity contribution in [3.63, 3.8) is 0 Å². The van der Waals surface area contributed by atoms with Crippen molar-refractivity contribution in [3.8, 4) is 0 Å². The van der Waals surface area contributed by atoms with Gasteiger partial charge in [0.15, 0.2) is 0 Å². The minimum absolute atomic E-state index is 0.249. The number of carbonyl (C=O) groups excluding carboxylic acids is 1. The molecular weight excluding hydrogens is 300 g/mol. The van der Waals surface area contributed by atoms with Gasteiger partial charge in [0, 0.05) is 43.5 Å². The fourth-order valence-corrected chi connectivity index (χ4v) is 3.97. The van der Waals surface area contributed by atoms with E-state index in [1.165, 1.54) is 0 Å². The first-order valence-corrected chi connectivity index (χ1v) is 8.57. The van der Waals surface area contributed by atoms with Crippen molar-refractivity contribution in [2.24, 2.45) is 0 Å². The number of likely N-dealkylation sites (tertiary alicyclic amines) is 2. The average Bonchev–Trinajstić information content (AvgIpc) is 3.09. The van der Waals surface area contributed by atoms with Gasteiger partial charge < -0.3 is 4.90 Å². The van der Waals surface area contributed by atoms with E-state index < -0.39 is 0 Å². The summed E-state index contributed by atoms with van der Waals surface area (Å²) in [5.41, 5.74) is 3.05. The highest BCUT2D eigenvalue weighted by Gasteiger charge is 2.46. The number of aromatic nitrogens is 2. The molecule has 0 radical (unpaired) electrons. The average molecular weight is 322 g/mol. The number of aryl methyl sites for hydroxylation is 1. The number of amides is 1. The van der Waals surface area contributed by atoms with Crippen LogP contribution >= 0.6 is 0 Å². The summed E-state index contributed by atoms with van der Waals surface area (Å²) in [6.45, 7) is 4.46. The molecule has 0 aliphatic carbocycles. The lowest BCUT2D eigenvalue weighted by molar-refractivity contribution is -0.129. The molecule has 2 aliphatic rings. The Morgan fingerprint density at radius 2 is 1.96 bits per heavy atom. The lowest BCUT2D eigenvalue weighted by atomic mass is 10.1. The molecule has 1 amide bonds. The Morgan fingerprint density at radius 1 is 1.08 bits per heavy atom. The largest absolute Gasteiger partial charge is 0.332 e. The van der Waals surface area contributed by atoms with Crippen LogP contribution in [0.5, 0.6) is 0 Å². The Bertz CT molecular complexity index is 733. The Kier molecular flexibility index (Phi) is 4.02. The van der Waals surface area contributed by atoms with Gasteiger partial charge in [0.1, 0.15) is 0 Å². The maximum absolute atomic E-state index is 12.5. The van der Waals surface area contributed by atoms with Crippen molar-refractivity contribution < 1.29 is 4.79 Å². The SMILES string of the molecule is Cc1cccc(CN2C(=O)C[C@H]3[C@H]2CCN3Cc2ccccn2)n1. The molecule has 2 aromatic heterocycles. The van der Waals surface area contributed by atoms with E-state index in [2.05, 4.69) is 20.9 Å². The van der Waals surface area contributed by atoms with Gasteiger partial charge in [-0.2, -0.15) is 0 Å². The van der Waals surface area contributed by atoms with E-state index in [0.29, 0.717) is 25.0 Å². The Hall–Kier alpha value is -2.27. The maximum atomic E-state index is 12.5. The maximum Gasteiger partial charge on any atom is 0.224 e. The highest BCUT2D eigenvalue weighted by Crippen LogP contribution is 2.34. The molecule has 0 N–H and O–H groups in total. The molecule has 0 spiro atoms. The summed E-state index contributed by atoms with van der Waals surface area (Å²) in [6, 6.07) is 12.6. The van der Waals surface area contributed by atoms with Crippen LogP contribution in [0.3, 0.4) is 0 Å². The van der Waals surface area contributed by atoms with Gasteiger partial charge >= 0.3 is 0 Å². The highest BCUT2D eigenvalue weighted by molar-refractivity contribution is 5.80. The smallest absolute Gasteiger partial charge is 0.224 e. The second kappa shape index (κ2) is 6.32. The molecule has 124 valence electrons. The van der Waals surface area contributed by atoms with E-state index in [1.54, 1.807) is 0 Å². The Morgan fingerprint density at radius 3 is 2.75 bits per heavy atom. The first-order chi connectivity index (χ1) is 11.7. The minimum Gasteiger partial charge on any atom is -0.332 e. The van der Waals surface area contributed by atoms with Crippen molar-refractivity contribution in [2.45, 2.75) is 44.9 Å². The second-order valence-electron chi connectivity index (χ2n) is 6.71. The summed E-state index contributed by atoms with van der Waals surface area (Å²) in [6.07, 6.45) is 3.48. The molecule has 5 nitrogen and oxygen atoms in total. The van der Waals surface area contributed by atoms with E-state index >= 15 is 0 Å². The van der Waals surface area contributed by atoms with Gasteiger partial charge in [-0.05, 0) is 37.6 Å². The first kappa shape index (κ1) is 15.3. The van der Waals surface area contributed by atoms with E-state index in [4.69, 9.17) is 0 Å². The van der Waals surface area contributed by atoms with Crippen molar-refractivity contribution in [1.29, 1.82) is 0 Å². The highest BCUT2D eigenvalue weighted by atomic mass is 16.2. The summed E-state index contributed by atoms with van der Waals surface area (Å²) in [5.74, 6) is 0.249. The molecule has 0 aromatic carbocycles. The second-order valence-corrected chi connectivity index (χ2v) is 6.71. The normalized spacial score (nSPS) is 23.7. The summed E-state index contributed by atoms with van der Waals surface area (Å²) >= 11 is 0. The zero-order valence-corrected chi connectivity index (χ0v) is 13.9. The van der Waals surface area contributed by atoms with Crippen LogP contribution in [0, 0.1) is 6.92 Å². The minimum atomic E-state index is 0.249. The van der Waals surface area contributed by atoms with E-state index in [0.717, 1.165) is 36.6 Å². The number of hydrogen-bond donors (Lipinski definition) is 0. The van der Waals surface area contributed by atoms with E-state index in [9.17, 15) is 4.79 Å². The molecule has 4 heterocycles. The fraction of sp³-hybridized carbons (Fsp3) is 0.421. The molecule has 0 unspecified atom stereocenters. The molecule has 24 heavy (non-hydrogen) atoms. The molecule has 0 bridgehead atoms. The van der Waals surface area contributed by atoms with Gasteiger partial charge in [0.05, 0.1) is 17.9 Å². The molecule has 2 fully saturated rings. The summed E-state index contributed by atoms with van der Waals surface area (Å²) in [7, 11) is 0. The van der Waals surface area contributed by atoms with Crippen LogP contribution in [0.2, 0.25) is 0 Å². The van der Waals surface area contributed by atoms with Crippen LogP contribution < -0.4 is 0 Å². The Labute approximate surface area is 142 Å². The summed E-state index contributed by atoms with van der Waals surface area (Å²) in [5, 5.41) is 0. The standard InChI is InChI=1S/C19H22N4O/c1-14-5-4-7-16(21-14)13-23-17-8-10-22(18(17)11-19(23)24)12-15-6-2-3-9-20-15/h2-7,9,17-18H,8,10-13H2,1H3/t17-,18+/m1/s1. The molecular formula is C19H22N4O. The van der Waals surface area contributed by atoms with Crippen LogP contribution in [-0.2, 0) is 17.9 Å². The number of pyridine rings is 2. The van der Waals surface area contributed by atoms with E-state index in [1.807, 2.05) is 48.4 Å². The van der Waals surface area contributed by atoms with Crippen LogP contribution in [0.25, 0.3) is 0 Å². The van der Waals surface area contributed by atoms with Crippen LogP contribution in [0.4, 0.5) is 0 Å². The van der Waals surface area contributed by atoms with Crippen molar-refractivity contribution in [2.75, 3.05) is 6.54 Å².